The average molecular weight is 359 g/mol. The van der Waals surface area contributed by atoms with Gasteiger partial charge >= 0.3 is 0 Å². The van der Waals surface area contributed by atoms with Crippen molar-refractivity contribution in [3.63, 3.8) is 0 Å². The molecule has 1 heterocycles. The van der Waals surface area contributed by atoms with Gasteiger partial charge in [-0.05, 0) is 29.4 Å². The van der Waals surface area contributed by atoms with Crippen molar-refractivity contribution in [2.24, 2.45) is 0 Å². The summed E-state index contributed by atoms with van der Waals surface area (Å²) in [4.78, 5) is -0.0955. The summed E-state index contributed by atoms with van der Waals surface area (Å²) >= 11 is 3.62. The highest BCUT2D eigenvalue weighted by Gasteiger charge is 2.35. The molecule has 1 fully saturated rings. The summed E-state index contributed by atoms with van der Waals surface area (Å²) in [5.41, 5.74) is 2.46. The summed E-state index contributed by atoms with van der Waals surface area (Å²) in [7, 11) is -2.96. The summed E-state index contributed by atoms with van der Waals surface area (Å²) in [6, 6.07) is 8.34. The second kappa shape index (κ2) is 5.80. The van der Waals surface area contributed by atoms with Gasteiger partial charge in [0.15, 0.2) is 9.84 Å². The number of sulfone groups is 1. The minimum absolute atomic E-state index is 0.0955. The summed E-state index contributed by atoms with van der Waals surface area (Å²) in [5, 5.41) is -0.281. The molecule has 1 aromatic rings. The molecule has 2 atom stereocenters. The second-order valence-electron chi connectivity index (χ2n) is 6.67. The molecule has 0 aromatic heterocycles. The Morgan fingerprint density at radius 2 is 1.75 bits per heavy atom. The summed E-state index contributed by atoms with van der Waals surface area (Å²) in [6.45, 7) is 6.54. The molecule has 2 unspecified atom stereocenters. The van der Waals surface area contributed by atoms with Crippen molar-refractivity contribution < 1.29 is 8.42 Å². The molecule has 0 bridgehead atoms. The van der Waals surface area contributed by atoms with E-state index in [4.69, 9.17) is 0 Å². The lowest BCUT2D eigenvalue weighted by Gasteiger charge is -2.27. The zero-order valence-corrected chi connectivity index (χ0v) is 14.8. The van der Waals surface area contributed by atoms with Crippen LogP contribution in [-0.2, 0) is 15.3 Å². The van der Waals surface area contributed by atoms with Crippen molar-refractivity contribution in [3.05, 3.63) is 35.4 Å². The molecule has 112 valence electrons. The highest BCUT2D eigenvalue weighted by atomic mass is 79.9. The minimum atomic E-state index is -2.96. The quantitative estimate of drug-likeness (QED) is 0.734. The molecule has 0 radical (unpaired) electrons. The highest BCUT2D eigenvalue weighted by molar-refractivity contribution is 9.09. The highest BCUT2D eigenvalue weighted by Crippen LogP contribution is 2.37. The van der Waals surface area contributed by atoms with Crippen LogP contribution < -0.4 is 0 Å². The predicted molar refractivity (Wildman–Crippen MR) is 88.2 cm³/mol. The third-order valence-corrected chi connectivity index (χ3v) is 7.86. The summed E-state index contributed by atoms with van der Waals surface area (Å²) in [6.07, 6.45) is 2.58. The molecule has 2 rings (SSSR count). The van der Waals surface area contributed by atoms with Crippen LogP contribution in [0.25, 0.3) is 0 Å². The van der Waals surface area contributed by atoms with Gasteiger partial charge in [-0.2, -0.15) is 0 Å². The Morgan fingerprint density at radius 1 is 1.15 bits per heavy atom. The van der Waals surface area contributed by atoms with E-state index in [0.717, 1.165) is 24.8 Å². The standard InChI is InChI=1S/C16H23BrO2S/c1-16(2,3)13-9-7-12(8-10-13)15(17)14-6-4-5-11-20(14,18)19/h7-10,14-15H,4-6,11H2,1-3H3. The van der Waals surface area contributed by atoms with Crippen LogP contribution in [0.15, 0.2) is 24.3 Å². The molecular formula is C16H23BrO2S. The molecule has 0 N–H and O–H groups in total. The van der Waals surface area contributed by atoms with E-state index in [1.807, 2.05) is 0 Å². The molecule has 4 heteroatoms. The largest absolute Gasteiger partial charge is 0.228 e. The van der Waals surface area contributed by atoms with Crippen LogP contribution in [0.2, 0.25) is 0 Å². The molecule has 2 nitrogen and oxygen atoms in total. The van der Waals surface area contributed by atoms with E-state index < -0.39 is 9.84 Å². The predicted octanol–water partition coefficient (Wildman–Crippen LogP) is 4.39. The van der Waals surface area contributed by atoms with Gasteiger partial charge in [0, 0.05) is 0 Å². The first-order valence-electron chi connectivity index (χ1n) is 7.18. The maximum Gasteiger partial charge on any atom is 0.154 e. The zero-order chi connectivity index (χ0) is 15.0. The lowest BCUT2D eigenvalue weighted by molar-refractivity contribution is 0.536. The fourth-order valence-corrected chi connectivity index (χ4v) is 6.20. The van der Waals surface area contributed by atoms with E-state index >= 15 is 0 Å². The lowest BCUT2D eigenvalue weighted by atomic mass is 9.86. The van der Waals surface area contributed by atoms with Crippen LogP contribution in [0, 0.1) is 0 Å². The van der Waals surface area contributed by atoms with Crippen LogP contribution in [-0.4, -0.2) is 19.4 Å². The van der Waals surface area contributed by atoms with Gasteiger partial charge in [-0.25, -0.2) is 8.42 Å². The van der Waals surface area contributed by atoms with Crippen LogP contribution in [0.4, 0.5) is 0 Å². The fraction of sp³-hybridized carbons (Fsp3) is 0.625. The Morgan fingerprint density at radius 3 is 2.25 bits per heavy atom. The average Bonchev–Trinajstić information content (AvgIpc) is 2.36. The van der Waals surface area contributed by atoms with Gasteiger partial charge in [-0.15, -0.1) is 0 Å². The molecule has 20 heavy (non-hydrogen) atoms. The van der Waals surface area contributed by atoms with Crippen LogP contribution in [0.1, 0.15) is 56.0 Å². The SMILES string of the molecule is CC(C)(C)c1ccc(C(Br)C2CCCCS2(=O)=O)cc1. The molecule has 0 spiro atoms. The van der Waals surface area contributed by atoms with Gasteiger partial charge in [-0.1, -0.05) is 67.4 Å². The van der Waals surface area contributed by atoms with Crippen molar-refractivity contribution in [2.45, 2.75) is 55.5 Å². The van der Waals surface area contributed by atoms with Crippen molar-refractivity contribution in [2.75, 3.05) is 5.75 Å². The second-order valence-corrected chi connectivity index (χ2v) is 10.0. The molecule has 0 saturated carbocycles. The van der Waals surface area contributed by atoms with E-state index in [-0.39, 0.29) is 15.5 Å². The molecule has 0 amide bonds. The van der Waals surface area contributed by atoms with Gasteiger partial charge in [0.2, 0.25) is 0 Å². The Labute approximate surface area is 131 Å². The summed E-state index contributed by atoms with van der Waals surface area (Å²) in [5.74, 6) is 0.333. The van der Waals surface area contributed by atoms with E-state index in [2.05, 4.69) is 61.0 Å². The summed E-state index contributed by atoms with van der Waals surface area (Å²) < 4.78 is 24.4. The normalized spacial score (nSPS) is 24.3. The smallest absolute Gasteiger partial charge is 0.154 e. The van der Waals surface area contributed by atoms with Crippen molar-refractivity contribution >= 4 is 25.8 Å². The first-order chi connectivity index (χ1) is 9.22. The number of hydrogen-bond donors (Lipinski definition) is 0. The molecule has 1 aromatic carbocycles. The fourth-order valence-electron chi connectivity index (χ4n) is 2.69. The first kappa shape index (κ1) is 16.0. The van der Waals surface area contributed by atoms with Gasteiger partial charge in [0.1, 0.15) is 0 Å². The van der Waals surface area contributed by atoms with E-state index in [9.17, 15) is 8.42 Å². The number of benzene rings is 1. The van der Waals surface area contributed by atoms with E-state index in [1.54, 1.807) is 0 Å². The topological polar surface area (TPSA) is 34.1 Å². The van der Waals surface area contributed by atoms with Gasteiger partial charge in [0.25, 0.3) is 0 Å². The number of alkyl halides is 1. The number of rotatable bonds is 2. The van der Waals surface area contributed by atoms with Crippen molar-refractivity contribution in [3.8, 4) is 0 Å². The van der Waals surface area contributed by atoms with Crippen molar-refractivity contribution in [1.82, 2.24) is 0 Å². The minimum Gasteiger partial charge on any atom is -0.228 e. The first-order valence-corrected chi connectivity index (χ1v) is 9.81. The third kappa shape index (κ3) is 3.45. The monoisotopic (exact) mass is 358 g/mol. The van der Waals surface area contributed by atoms with Gasteiger partial charge < -0.3 is 0 Å². The van der Waals surface area contributed by atoms with Gasteiger partial charge in [0.05, 0.1) is 15.8 Å². The zero-order valence-electron chi connectivity index (χ0n) is 12.4. The Kier molecular flexibility index (Phi) is 4.65. The third-order valence-electron chi connectivity index (χ3n) is 4.05. The Bertz CT molecular complexity index is 555. The van der Waals surface area contributed by atoms with E-state index in [1.165, 1.54) is 5.56 Å². The van der Waals surface area contributed by atoms with E-state index in [0.29, 0.717) is 5.75 Å². The maximum absolute atomic E-state index is 12.2. The maximum atomic E-state index is 12.2. The number of hydrogen-bond acceptors (Lipinski definition) is 2. The van der Waals surface area contributed by atoms with Crippen LogP contribution >= 0.6 is 15.9 Å². The van der Waals surface area contributed by atoms with Crippen LogP contribution in [0.5, 0.6) is 0 Å². The Balaban J connectivity index is 2.23. The molecule has 1 aliphatic heterocycles. The van der Waals surface area contributed by atoms with Gasteiger partial charge in [-0.3, -0.25) is 0 Å². The molecule has 1 aliphatic rings. The molecular weight excluding hydrogens is 336 g/mol. The lowest BCUT2D eigenvalue weighted by Crippen LogP contribution is -2.31. The Hall–Kier alpha value is -0.350. The number of halogens is 1. The molecule has 1 saturated heterocycles. The van der Waals surface area contributed by atoms with Crippen LogP contribution in [0.3, 0.4) is 0 Å². The molecule has 0 aliphatic carbocycles. The van der Waals surface area contributed by atoms with Crippen molar-refractivity contribution in [1.29, 1.82) is 0 Å².